The van der Waals surface area contributed by atoms with Crippen LogP contribution in [0.1, 0.15) is 26.5 Å². The molecule has 2 heterocycles. The Hall–Kier alpha value is -1.41. The second-order valence-corrected chi connectivity index (χ2v) is 7.47. The van der Waals surface area contributed by atoms with Gasteiger partial charge in [0.25, 0.3) is 0 Å². The lowest BCUT2D eigenvalue weighted by atomic mass is 10.0. The zero-order valence-electron chi connectivity index (χ0n) is 11.9. The van der Waals surface area contributed by atoms with Crippen LogP contribution in [-0.2, 0) is 20.6 Å². The number of hydrogen-bond acceptors (Lipinski definition) is 5. The Bertz CT molecular complexity index is 580. The SMILES string of the molecule is CC(=O)N1CCN(S(=O)(=O)Cc2ccon2)C(C)(C)C1. The zero-order valence-corrected chi connectivity index (χ0v) is 12.7. The second kappa shape index (κ2) is 5.17. The molecule has 0 saturated carbocycles. The number of rotatable bonds is 3. The summed E-state index contributed by atoms with van der Waals surface area (Å²) in [6.45, 7) is 6.24. The molecule has 0 spiro atoms. The molecule has 1 aromatic rings. The van der Waals surface area contributed by atoms with Crippen LogP contribution in [0.4, 0.5) is 0 Å². The highest BCUT2D eigenvalue weighted by Crippen LogP contribution is 2.26. The lowest BCUT2D eigenvalue weighted by Gasteiger charge is -2.45. The van der Waals surface area contributed by atoms with E-state index in [2.05, 4.69) is 9.68 Å². The molecule has 20 heavy (non-hydrogen) atoms. The standard InChI is InChI=1S/C12H19N3O4S/c1-10(16)14-5-6-15(12(2,3)9-14)20(17,18)8-11-4-7-19-13-11/h4,7H,5-6,8-9H2,1-3H3. The molecule has 112 valence electrons. The molecular formula is C12H19N3O4S. The van der Waals surface area contributed by atoms with Gasteiger partial charge in [-0.25, -0.2) is 8.42 Å². The average molecular weight is 301 g/mol. The molecule has 8 heteroatoms. The quantitative estimate of drug-likeness (QED) is 0.809. The summed E-state index contributed by atoms with van der Waals surface area (Å²) in [6, 6.07) is 1.54. The summed E-state index contributed by atoms with van der Waals surface area (Å²) in [7, 11) is -3.49. The first-order chi connectivity index (χ1) is 9.22. The molecule has 1 aliphatic rings. The first kappa shape index (κ1) is 15.0. The Kier molecular flexibility index (Phi) is 3.88. The highest BCUT2D eigenvalue weighted by molar-refractivity contribution is 7.88. The normalized spacial score (nSPS) is 20.1. The highest BCUT2D eigenvalue weighted by Gasteiger charge is 2.41. The van der Waals surface area contributed by atoms with Gasteiger partial charge in [-0.1, -0.05) is 5.16 Å². The van der Waals surface area contributed by atoms with Crippen molar-refractivity contribution < 1.29 is 17.7 Å². The summed E-state index contributed by atoms with van der Waals surface area (Å²) in [4.78, 5) is 13.1. The van der Waals surface area contributed by atoms with Crippen molar-refractivity contribution in [3.05, 3.63) is 18.0 Å². The minimum absolute atomic E-state index is 0.0355. The van der Waals surface area contributed by atoms with E-state index >= 15 is 0 Å². The van der Waals surface area contributed by atoms with Crippen LogP contribution in [-0.4, -0.2) is 53.9 Å². The van der Waals surface area contributed by atoms with Gasteiger partial charge in [-0.3, -0.25) is 4.79 Å². The number of amides is 1. The van der Waals surface area contributed by atoms with E-state index < -0.39 is 15.6 Å². The third-order valence-corrected chi connectivity index (χ3v) is 5.44. The third-order valence-electron chi connectivity index (χ3n) is 3.43. The molecule has 1 aliphatic heterocycles. The van der Waals surface area contributed by atoms with Gasteiger partial charge in [0.1, 0.15) is 12.0 Å². The molecule has 1 amide bonds. The van der Waals surface area contributed by atoms with Crippen LogP contribution in [0.3, 0.4) is 0 Å². The zero-order chi connectivity index (χ0) is 15.0. The van der Waals surface area contributed by atoms with Crippen LogP contribution in [0.25, 0.3) is 0 Å². The van der Waals surface area contributed by atoms with E-state index in [1.54, 1.807) is 4.90 Å². The van der Waals surface area contributed by atoms with Gasteiger partial charge in [0, 0.05) is 38.2 Å². The maximum absolute atomic E-state index is 12.5. The van der Waals surface area contributed by atoms with E-state index in [4.69, 9.17) is 0 Å². The maximum Gasteiger partial charge on any atom is 0.220 e. The van der Waals surface area contributed by atoms with E-state index in [9.17, 15) is 13.2 Å². The first-order valence-electron chi connectivity index (χ1n) is 6.38. The van der Waals surface area contributed by atoms with Crippen LogP contribution in [0.5, 0.6) is 0 Å². The van der Waals surface area contributed by atoms with Crippen LogP contribution < -0.4 is 0 Å². The molecule has 0 N–H and O–H groups in total. The van der Waals surface area contributed by atoms with Gasteiger partial charge in [-0.2, -0.15) is 4.31 Å². The predicted molar refractivity (Wildman–Crippen MR) is 72.2 cm³/mol. The summed E-state index contributed by atoms with van der Waals surface area (Å²) >= 11 is 0. The van der Waals surface area contributed by atoms with E-state index in [1.165, 1.54) is 23.6 Å². The Morgan fingerprint density at radius 2 is 2.15 bits per heavy atom. The molecule has 1 aromatic heterocycles. The van der Waals surface area contributed by atoms with E-state index in [-0.39, 0.29) is 11.7 Å². The summed E-state index contributed by atoms with van der Waals surface area (Å²) < 4.78 is 31.1. The van der Waals surface area contributed by atoms with Crippen LogP contribution >= 0.6 is 0 Å². The monoisotopic (exact) mass is 301 g/mol. The smallest absolute Gasteiger partial charge is 0.220 e. The number of hydrogen-bond donors (Lipinski definition) is 0. The summed E-state index contributed by atoms with van der Waals surface area (Å²) in [5.41, 5.74) is -0.248. The number of carbonyl (C=O) groups excluding carboxylic acids is 1. The van der Waals surface area contributed by atoms with Crippen molar-refractivity contribution in [1.29, 1.82) is 0 Å². The largest absolute Gasteiger partial charge is 0.364 e. The number of nitrogens with zero attached hydrogens (tertiary/aromatic N) is 3. The highest BCUT2D eigenvalue weighted by atomic mass is 32.2. The summed E-state index contributed by atoms with van der Waals surface area (Å²) in [5, 5.41) is 3.64. The molecule has 0 aromatic carbocycles. The van der Waals surface area contributed by atoms with Crippen molar-refractivity contribution in [1.82, 2.24) is 14.4 Å². The van der Waals surface area contributed by atoms with Crippen LogP contribution in [0.15, 0.2) is 16.9 Å². The van der Waals surface area contributed by atoms with Gasteiger partial charge < -0.3 is 9.42 Å². The lowest BCUT2D eigenvalue weighted by molar-refractivity contribution is -0.132. The van der Waals surface area contributed by atoms with Gasteiger partial charge in [-0.05, 0) is 13.8 Å². The Balaban J connectivity index is 2.18. The topological polar surface area (TPSA) is 83.7 Å². The maximum atomic E-state index is 12.5. The fourth-order valence-electron chi connectivity index (χ4n) is 2.50. The van der Waals surface area contributed by atoms with Crippen molar-refractivity contribution >= 4 is 15.9 Å². The molecule has 0 bridgehead atoms. The molecule has 0 unspecified atom stereocenters. The minimum atomic E-state index is -3.49. The molecule has 0 radical (unpaired) electrons. The number of carbonyl (C=O) groups is 1. The molecule has 1 fully saturated rings. The average Bonchev–Trinajstić information content (AvgIpc) is 2.78. The Morgan fingerprint density at radius 3 is 2.65 bits per heavy atom. The van der Waals surface area contributed by atoms with E-state index in [0.29, 0.717) is 25.3 Å². The van der Waals surface area contributed by atoms with Crippen LogP contribution in [0, 0.1) is 0 Å². The van der Waals surface area contributed by atoms with Crippen molar-refractivity contribution in [3.63, 3.8) is 0 Å². The number of piperazine rings is 1. The molecule has 0 atom stereocenters. The predicted octanol–water partition coefficient (Wildman–Crippen LogP) is 0.447. The lowest BCUT2D eigenvalue weighted by Crippen LogP contribution is -2.61. The Morgan fingerprint density at radius 1 is 1.45 bits per heavy atom. The number of aromatic nitrogens is 1. The fourth-order valence-corrected chi connectivity index (χ4v) is 4.35. The molecule has 1 saturated heterocycles. The van der Waals surface area contributed by atoms with Gasteiger partial charge in [0.05, 0.1) is 5.69 Å². The van der Waals surface area contributed by atoms with Crippen molar-refractivity contribution in [3.8, 4) is 0 Å². The number of sulfonamides is 1. The van der Waals surface area contributed by atoms with Gasteiger partial charge >= 0.3 is 0 Å². The third kappa shape index (κ3) is 3.01. The van der Waals surface area contributed by atoms with Crippen molar-refractivity contribution in [2.45, 2.75) is 32.1 Å². The molecule has 7 nitrogen and oxygen atoms in total. The van der Waals surface area contributed by atoms with Gasteiger partial charge in [-0.15, -0.1) is 0 Å². The van der Waals surface area contributed by atoms with E-state index in [1.807, 2.05) is 13.8 Å². The first-order valence-corrected chi connectivity index (χ1v) is 7.98. The fraction of sp³-hybridized carbons (Fsp3) is 0.667. The molecule has 2 rings (SSSR count). The van der Waals surface area contributed by atoms with E-state index in [0.717, 1.165) is 0 Å². The van der Waals surface area contributed by atoms with Gasteiger partial charge in [0.2, 0.25) is 15.9 Å². The minimum Gasteiger partial charge on any atom is -0.364 e. The second-order valence-electron chi connectivity index (χ2n) is 5.57. The Labute approximate surface area is 118 Å². The summed E-state index contributed by atoms with van der Waals surface area (Å²) in [6.07, 6.45) is 1.35. The van der Waals surface area contributed by atoms with Crippen LogP contribution in [0.2, 0.25) is 0 Å². The molecule has 0 aliphatic carbocycles. The van der Waals surface area contributed by atoms with Gasteiger partial charge in [0.15, 0.2) is 0 Å². The summed E-state index contributed by atoms with van der Waals surface area (Å²) in [5.74, 6) is -0.223. The van der Waals surface area contributed by atoms with Crippen molar-refractivity contribution in [2.75, 3.05) is 19.6 Å². The van der Waals surface area contributed by atoms with Crippen molar-refractivity contribution in [2.24, 2.45) is 0 Å². The molecular weight excluding hydrogens is 282 g/mol.